The van der Waals surface area contributed by atoms with Gasteiger partial charge in [0.15, 0.2) is 0 Å². The van der Waals surface area contributed by atoms with E-state index in [-0.39, 0.29) is 5.91 Å². The zero-order chi connectivity index (χ0) is 25.8. The predicted molar refractivity (Wildman–Crippen MR) is 153 cm³/mol. The second-order valence-corrected chi connectivity index (χ2v) is 9.32. The van der Waals surface area contributed by atoms with E-state index in [9.17, 15) is 4.79 Å². The number of fused-ring (bicyclic) bond motifs is 1. The highest BCUT2D eigenvalue weighted by molar-refractivity contribution is 6.00. The minimum absolute atomic E-state index is 0.238. The Kier molecular flexibility index (Phi) is 7.14. The van der Waals surface area contributed by atoms with Crippen LogP contribution in [0.25, 0.3) is 22.0 Å². The van der Waals surface area contributed by atoms with Crippen molar-refractivity contribution in [2.24, 2.45) is 0 Å². The standard InChI is InChI=1S/C30H32N6O/c1-4-21-9-10-23-20-31-30(33-24-11-13-26(14-12-24)36-17-15-35(3)16-18-36)34-29(23)28(21)22-7-6-8-25(19-22)32-27(37)5-2/h5-14,19-20H,2,4,15-18H2,1,3H3,(H,32,37)(H,31,33,34). The van der Waals surface area contributed by atoms with Crippen molar-refractivity contribution in [3.63, 3.8) is 0 Å². The number of anilines is 4. The van der Waals surface area contributed by atoms with Gasteiger partial charge in [-0.05, 0) is 67.1 Å². The molecular formula is C30H32N6O. The molecule has 1 aliphatic rings. The molecule has 7 nitrogen and oxygen atoms in total. The van der Waals surface area contributed by atoms with Crippen LogP contribution in [-0.4, -0.2) is 54.0 Å². The van der Waals surface area contributed by atoms with Gasteiger partial charge in [-0.2, -0.15) is 0 Å². The summed E-state index contributed by atoms with van der Waals surface area (Å²) in [5.41, 5.74) is 6.99. The van der Waals surface area contributed by atoms with Gasteiger partial charge in [0.2, 0.25) is 11.9 Å². The lowest BCUT2D eigenvalue weighted by molar-refractivity contribution is -0.111. The third kappa shape index (κ3) is 5.47. The highest BCUT2D eigenvalue weighted by Crippen LogP contribution is 2.33. The Morgan fingerprint density at radius 1 is 1.03 bits per heavy atom. The summed E-state index contributed by atoms with van der Waals surface area (Å²) in [6, 6.07) is 20.5. The van der Waals surface area contributed by atoms with Crippen molar-refractivity contribution < 1.29 is 4.79 Å². The fourth-order valence-electron chi connectivity index (χ4n) is 4.71. The molecule has 0 atom stereocenters. The molecule has 0 spiro atoms. The number of hydrogen-bond donors (Lipinski definition) is 2. The van der Waals surface area contributed by atoms with Crippen LogP contribution in [0.4, 0.5) is 23.0 Å². The van der Waals surface area contributed by atoms with Crippen LogP contribution in [0.15, 0.2) is 79.5 Å². The van der Waals surface area contributed by atoms with E-state index in [4.69, 9.17) is 4.98 Å². The van der Waals surface area contributed by atoms with Crippen LogP contribution < -0.4 is 15.5 Å². The molecule has 188 valence electrons. The molecule has 1 fully saturated rings. The van der Waals surface area contributed by atoms with Gasteiger partial charge >= 0.3 is 0 Å². The number of nitrogens with one attached hydrogen (secondary N) is 2. The number of hydrogen-bond acceptors (Lipinski definition) is 6. The second-order valence-electron chi connectivity index (χ2n) is 9.32. The van der Waals surface area contributed by atoms with Crippen LogP contribution in [0.5, 0.6) is 0 Å². The van der Waals surface area contributed by atoms with Crippen LogP contribution in [0.2, 0.25) is 0 Å². The minimum Gasteiger partial charge on any atom is -0.369 e. The first-order valence-electron chi connectivity index (χ1n) is 12.7. The summed E-state index contributed by atoms with van der Waals surface area (Å²) < 4.78 is 0. The quantitative estimate of drug-likeness (QED) is 0.333. The number of carbonyl (C=O) groups is 1. The molecule has 0 unspecified atom stereocenters. The van der Waals surface area contributed by atoms with Gasteiger partial charge in [-0.3, -0.25) is 4.79 Å². The molecule has 0 saturated carbocycles. The molecule has 2 heterocycles. The monoisotopic (exact) mass is 492 g/mol. The van der Waals surface area contributed by atoms with E-state index in [0.29, 0.717) is 11.6 Å². The summed E-state index contributed by atoms with van der Waals surface area (Å²) in [6.45, 7) is 9.92. The summed E-state index contributed by atoms with van der Waals surface area (Å²) >= 11 is 0. The lowest BCUT2D eigenvalue weighted by Gasteiger charge is -2.34. The van der Waals surface area contributed by atoms with Crippen LogP contribution in [0.1, 0.15) is 12.5 Å². The summed E-state index contributed by atoms with van der Waals surface area (Å²) in [4.78, 5) is 26.1. The number of nitrogens with zero attached hydrogens (tertiary/aromatic N) is 4. The lowest BCUT2D eigenvalue weighted by Crippen LogP contribution is -2.44. The van der Waals surface area contributed by atoms with Crippen molar-refractivity contribution >= 4 is 39.8 Å². The number of likely N-dealkylation sites (N-methyl/N-ethyl adjacent to an activating group) is 1. The maximum absolute atomic E-state index is 11.8. The molecule has 1 saturated heterocycles. The molecule has 37 heavy (non-hydrogen) atoms. The fourth-order valence-corrected chi connectivity index (χ4v) is 4.71. The molecule has 7 heteroatoms. The Labute approximate surface area is 217 Å². The van der Waals surface area contributed by atoms with Crippen molar-refractivity contribution in [2.45, 2.75) is 13.3 Å². The number of aryl methyl sites for hydroxylation is 1. The first-order chi connectivity index (χ1) is 18.0. The Bertz CT molecular complexity index is 1420. The van der Waals surface area contributed by atoms with E-state index < -0.39 is 0 Å². The predicted octanol–water partition coefficient (Wildman–Crippen LogP) is 5.48. The van der Waals surface area contributed by atoms with Crippen LogP contribution in [-0.2, 0) is 11.2 Å². The molecule has 2 N–H and O–H groups in total. The van der Waals surface area contributed by atoms with Gasteiger partial charge in [0.25, 0.3) is 0 Å². The zero-order valence-electron chi connectivity index (χ0n) is 21.4. The summed E-state index contributed by atoms with van der Waals surface area (Å²) in [7, 11) is 2.17. The van der Waals surface area contributed by atoms with Gasteiger partial charge in [-0.25, -0.2) is 9.97 Å². The average molecular weight is 493 g/mol. The molecule has 1 aromatic heterocycles. The number of aromatic nitrogens is 2. The number of benzene rings is 3. The van der Waals surface area contributed by atoms with Gasteiger partial charge in [-0.1, -0.05) is 37.8 Å². The SMILES string of the molecule is C=CC(=O)Nc1cccc(-c2c(CC)ccc3cnc(Nc4ccc(N5CCN(C)CC5)cc4)nc23)c1. The van der Waals surface area contributed by atoms with E-state index in [1.165, 1.54) is 17.3 Å². The molecule has 0 bridgehead atoms. The molecule has 1 amide bonds. The highest BCUT2D eigenvalue weighted by Gasteiger charge is 2.15. The molecule has 0 radical (unpaired) electrons. The minimum atomic E-state index is -0.238. The Balaban J connectivity index is 1.45. The number of piperazine rings is 1. The smallest absolute Gasteiger partial charge is 0.247 e. The van der Waals surface area contributed by atoms with Crippen LogP contribution in [0.3, 0.4) is 0 Å². The van der Waals surface area contributed by atoms with E-state index in [1.807, 2.05) is 30.5 Å². The van der Waals surface area contributed by atoms with E-state index >= 15 is 0 Å². The topological polar surface area (TPSA) is 73.4 Å². The van der Waals surface area contributed by atoms with Crippen molar-refractivity contribution in [1.29, 1.82) is 0 Å². The largest absolute Gasteiger partial charge is 0.369 e. The Morgan fingerprint density at radius 2 is 1.81 bits per heavy atom. The van der Waals surface area contributed by atoms with Gasteiger partial charge < -0.3 is 20.4 Å². The van der Waals surface area contributed by atoms with Gasteiger partial charge in [0.1, 0.15) is 0 Å². The van der Waals surface area contributed by atoms with Gasteiger partial charge in [0.05, 0.1) is 5.52 Å². The maximum atomic E-state index is 11.8. The van der Waals surface area contributed by atoms with Crippen LogP contribution >= 0.6 is 0 Å². The Hall–Kier alpha value is -4.23. The van der Waals surface area contributed by atoms with E-state index in [0.717, 1.165) is 60.3 Å². The first kappa shape index (κ1) is 24.5. The summed E-state index contributed by atoms with van der Waals surface area (Å²) in [5.74, 6) is 0.309. The molecule has 0 aliphatic carbocycles. The average Bonchev–Trinajstić information content (AvgIpc) is 2.93. The third-order valence-corrected chi connectivity index (χ3v) is 6.82. The Morgan fingerprint density at radius 3 is 2.54 bits per heavy atom. The van der Waals surface area contributed by atoms with Crippen molar-refractivity contribution in [3.05, 3.63) is 85.1 Å². The molecule has 4 aromatic rings. The van der Waals surface area contributed by atoms with E-state index in [1.54, 1.807) is 0 Å². The van der Waals surface area contributed by atoms with Crippen molar-refractivity contribution in [1.82, 2.24) is 14.9 Å². The lowest BCUT2D eigenvalue weighted by atomic mass is 9.95. The summed E-state index contributed by atoms with van der Waals surface area (Å²) in [5, 5.41) is 7.19. The number of carbonyl (C=O) groups excluding carboxylic acids is 1. The molecule has 5 rings (SSSR count). The number of rotatable bonds is 7. The maximum Gasteiger partial charge on any atom is 0.247 e. The fraction of sp³-hybridized carbons (Fsp3) is 0.233. The zero-order valence-corrected chi connectivity index (χ0v) is 21.4. The van der Waals surface area contributed by atoms with Crippen LogP contribution in [0, 0.1) is 0 Å². The van der Waals surface area contributed by atoms with Crippen molar-refractivity contribution in [2.75, 3.05) is 48.8 Å². The first-order valence-corrected chi connectivity index (χ1v) is 12.7. The summed E-state index contributed by atoms with van der Waals surface area (Å²) in [6.07, 6.45) is 3.98. The second kappa shape index (κ2) is 10.8. The molecule has 1 aliphatic heterocycles. The highest BCUT2D eigenvalue weighted by atomic mass is 16.1. The van der Waals surface area contributed by atoms with Crippen molar-refractivity contribution in [3.8, 4) is 11.1 Å². The van der Waals surface area contributed by atoms with Gasteiger partial charge in [0, 0.05) is 60.4 Å². The number of amides is 1. The van der Waals surface area contributed by atoms with E-state index in [2.05, 4.69) is 82.4 Å². The molecule has 3 aromatic carbocycles. The molecular weight excluding hydrogens is 460 g/mol. The van der Waals surface area contributed by atoms with Gasteiger partial charge in [-0.15, -0.1) is 0 Å². The third-order valence-electron chi connectivity index (χ3n) is 6.82. The normalized spacial score (nSPS) is 13.9.